The van der Waals surface area contributed by atoms with Gasteiger partial charge in [-0.15, -0.1) is 5.10 Å². The van der Waals surface area contributed by atoms with Gasteiger partial charge in [0.1, 0.15) is 6.33 Å². The third-order valence-electron chi connectivity index (χ3n) is 3.25. The lowest BCUT2D eigenvalue weighted by Crippen LogP contribution is -2.28. The van der Waals surface area contributed by atoms with E-state index in [1.54, 1.807) is 0 Å². The summed E-state index contributed by atoms with van der Waals surface area (Å²) in [5.41, 5.74) is 6.43. The molecular formula is C10H12F2N6. The molecule has 0 bridgehead atoms. The molecule has 3 rings (SSSR count). The fraction of sp³-hybridized carbons (Fsp3) is 0.600. The number of aromatic nitrogens is 5. The van der Waals surface area contributed by atoms with Crippen molar-refractivity contribution in [2.24, 2.45) is 0 Å². The first-order valence-corrected chi connectivity index (χ1v) is 5.76. The molecule has 18 heavy (non-hydrogen) atoms. The number of alkyl halides is 2. The van der Waals surface area contributed by atoms with Gasteiger partial charge in [0.2, 0.25) is 5.92 Å². The number of hydrogen-bond acceptors (Lipinski definition) is 5. The van der Waals surface area contributed by atoms with Crippen LogP contribution in [0.2, 0.25) is 0 Å². The number of rotatable bonds is 1. The number of halogens is 2. The molecule has 0 aliphatic heterocycles. The summed E-state index contributed by atoms with van der Waals surface area (Å²) in [6, 6.07) is -0.381. The number of fused-ring (bicyclic) bond motifs is 1. The standard InChI is InChI=1S/C10H12F2N6/c11-10(12)3-1-2-6(4-10)18-9-7(16-17-18)8(13)14-5-15-9/h5-6H,1-4H2,(H2,13,14,15)/t6-/m0/s1. The van der Waals surface area contributed by atoms with Crippen LogP contribution in [0.15, 0.2) is 6.33 Å². The minimum atomic E-state index is -2.64. The Kier molecular flexibility index (Phi) is 2.39. The van der Waals surface area contributed by atoms with Crippen molar-refractivity contribution < 1.29 is 8.78 Å². The molecule has 8 heteroatoms. The summed E-state index contributed by atoms with van der Waals surface area (Å²) >= 11 is 0. The summed E-state index contributed by atoms with van der Waals surface area (Å²) in [5.74, 6) is -2.42. The van der Waals surface area contributed by atoms with Gasteiger partial charge < -0.3 is 5.73 Å². The highest BCUT2D eigenvalue weighted by atomic mass is 19.3. The van der Waals surface area contributed by atoms with Crippen molar-refractivity contribution >= 4 is 17.0 Å². The molecule has 0 aromatic carbocycles. The average Bonchev–Trinajstić information content (AvgIpc) is 2.73. The van der Waals surface area contributed by atoms with Crippen LogP contribution >= 0.6 is 0 Å². The highest BCUT2D eigenvalue weighted by Crippen LogP contribution is 2.39. The zero-order valence-corrected chi connectivity index (χ0v) is 9.55. The molecule has 1 saturated carbocycles. The van der Waals surface area contributed by atoms with Gasteiger partial charge in [-0.1, -0.05) is 5.21 Å². The Morgan fingerprint density at radius 1 is 1.39 bits per heavy atom. The van der Waals surface area contributed by atoms with Crippen LogP contribution in [-0.4, -0.2) is 30.9 Å². The Morgan fingerprint density at radius 2 is 2.22 bits per heavy atom. The van der Waals surface area contributed by atoms with Gasteiger partial charge in [0.15, 0.2) is 17.0 Å². The van der Waals surface area contributed by atoms with Crippen molar-refractivity contribution in [3.8, 4) is 0 Å². The third kappa shape index (κ3) is 1.77. The van der Waals surface area contributed by atoms with E-state index in [0.717, 1.165) is 0 Å². The monoisotopic (exact) mass is 254 g/mol. The second-order valence-electron chi connectivity index (χ2n) is 4.57. The summed E-state index contributed by atoms with van der Waals surface area (Å²) in [4.78, 5) is 7.82. The lowest BCUT2D eigenvalue weighted by Gasteiger charge is -2.28. The molecule has 1 aliphatic carbocycles. The molecule has 96 valence electrons. The van der Waals surface area contributed by atoms with Crippen LogP contribution in [0.5, 0.6) is 0 Å². The Labute approximate surface area is 101 Å². The fourth-order valence-corrected chi connectivity index (χ4v) is 2.38. The zero-order valence-electron chi connectivity index (χ0n) is 9.55. The molecule has 0 spiro atoms. The second-order valence-corrected chi connectivity index (χ2v) is 4.57. The lowest BCUT2D eigenvalue weighted by atomic mass is 9.92. The van der Waals surface area contributed by atoms with Gasteiger partial charge in [-0.3, -0.25) is 0 Å². The maximum absolute atomic E-state index is 13.4. The fourth-order valence-electron chi connectivity index (χ4n) is 2.38. The number of anilines is 1. The molecule has 1 fully saturated rings. The van der Waals surface area contributed by atoms with Crippen LogP contribution in [0.4, 0.5) is 14.6 Å². The molecule has 0 unspecified atom stereocenters. The van der Waals surface area contributed by atoms with Gasteiger partial charge in [-0.05, 0) is 12.8 Å². The Balaban J connectivity index is 2.02. The Hall–Kier alpha value is -1.86. The smallest absolute Gasteiger partial charge is 0.250 e. The number of nitrogen functional groups attached to an aromatic ring is 1. The summed E-state index contributed by atoms with van der Waals surface area (Å²) in [5, 5.41) is 7.76. The summed E-state index contributed by atoms with van der Waals surface area (Å²) in [7, 11) is 0. The van der Waals surface area contributed by atoms with E-state index >= 15 is 0 Å². The van der Waals surface area contributed by atoms with Crippen molar-refractivity contribution in [1.82, 2.24) is 25.0 Å². The summed E-state index contributed by atoms with van der Waals surface area (Å²) in [6.45, 7) is 0. The average molecular weight is 254 g/mol. The second kappa shape index (κ2) is 3.82. The van der Waals surface area contributed by atoms with Gasteiger partial charge in [0.05, 0.1) is 6.04 Å². The number of nitrogens with zero attached hydrogens (tertiary/aromatic N) is 5. The van der Waals surface area contributed by atoms with Gasteiger partial charge in [0.25, 0.3) is 0 Å². The molecule has 2 heterocycles. The van der Waals surface area contributed by atoms with Gasteiger partial charge >= 0.3 is 0 Å². The molecule has 2 aromatic heterocycles. The first-order valence-electron chi connectivity index (χ1n) is 5.76. The van der Waals surface area contributed by atoms with E-state index in [1.807, 2.05) is 0 Å². The van der Waals surface area contributed by atoms with Gasteiger partial charge in [0, 0.05) is 12.8 Å². The molecule has 1 aliphatic rings. The largest absolute Gasteiger partial charge is 0.382 e. The molecule has 0 saturated heterocycles. The topological polar surface area (TPSA) is 82.5 Å². The minimum absolute atomic E-state index is 0.0622. The normalized spacial score (nSPS) is 23.3. The van der Waals surface area contributed by atoms with Crippen LogP contribution in [0, 0.1) is 0 Å². The van der Waals surface area contributed by atoms with E-state index in [-0.39, 0.29) is 24.7 Å². The maximum atomic E-state index is 13.4. The predicted molar refractivity (Wildman–Crippen MR) is 60.0 cm³/mol. The van der Waals surface area contributed by atoms with Crippen molar-refractivity contribution in [1.29, 1.82) is 0 Å². The number of hydrogen-bond donors (Lipinski definition) is 1. The highest BCUT2D eigenvalue weighted by molar-refractivity contribution is 5.80. The molecule has 6 nitrogen and oxygen atoms in total. The molecule has 1 atom stereocenters. The lowest BCUT2D eigenvalue weighted by molar-refractivity contribution is -0.0508. The summed E-state index contributed by atoms with van der Waals surface area (Å²) < 4.78 is 28.3. The van der Waals surface area contributed by atoms with E-state index in [0.29, 0.717) is 24.0 Å². The van der Waals surface area contributed by atoms with E-state index in [1.165, 1.54) is 11.0 Å². The molecule has 0 radical (unpaired) electrons. The van der Waals surface area contributed by atoms with Crippen LogP contribution in [0.25, 0.3) is 11.2 Å². The van der Waals surface area contributed by atoms with Crippen molar-refractivity contribution in [3.05, 3.63) is 6.33 Å². The van der Waals surface area contributed by atoms with Crippen LogP contribution in [-0.2, 0) is 0 Å². The molecule has 0 amide bonds. The highest BCUT2D eigenvalue weighted by Gasteiger charge is 2.38. The zero-order chi connectivity index (χ0) is 12.8. The summed E-state index contributed by atoms with van der Waals surface area (Å²) in [6.07, 6.45) is 2.12. The minimum Gasteiger partial charge on any atom is -0.382 e. The van der Waals surface area contributed by atoms with Gasteiger partial charge in [-0.25, -0.2) is 23.4 Å². The van der Waals surface area contributed by atoms with Crippen LogP contribution in [0.1, 0.15) is 31.7 Å². The van der Waals surface area contributed by atoms with Crippen molar-refractivity contribution in [3.63, 3.8) is 0 Å². The van der Waals surface area contributed by atoms with Crippen molar-refractivity contribution in [2.75, 3.05) is 5.73 Å². The maximum Gasteiger partial charge on any atom is 0.250 e. The number of nitrogens with two attached hydrogens (primary N) is 1. The molecule has 2 N–H and O–H groups in total. The van der Waals surface area contributed by atoms with E-state index in [9.17, 15) is 8.78 Å². The predicted octanol–water partition coefficient (Wildman–Crippen LogP) is 1.55. The molecule has 2 aromatic rings. The van der Waals surface area contributed by atoms with E-state index in [2.05, 4.69) is 20.3 Å². The molecular weight excluding hydrogens is 242 g/mol. The van der Waals surface area contributed by atoms with Crippen molar-refractivity contribution in [2.45, 2.75) is 37.6 Å². The van der Waals surface area contributed by atoms with E-state index in [4.69, 9.17) is 5.73 Å². The van der Waals surface area contributed by atoms with Crippen LogP contribution < -0.4 is 5.73 Å². The first kappa shape index (κ1) is 11.2. The third-order valence-corrected chi connectivity index (χ3v) is 3.25. The van der Waals surface area contributed by atoms with Gasteiger partial charge in [-0.2, -0.15) is 0 Å². The first-order chi connectivity index (χ1) is 8.57. The van der Waals surface area contributed by atoms with Crippen LogP contribution in [0.3, 0.4) is 0 Å². The Morgan fingerprint density at radius 3 is 3.00 bits per heavy atom. The quantitative estimate of drug-likeness (QED) is 0.834. The Bertz CT molecular complexity index is 581. The van der Waals surface area contributed by atoms with E-state index < -0.39 is 5.92 Å². The SMILES string of the molecule is Nc1ncnc2c1nnn2[C@H]1CCCC(F)(F)C1.